The molecule has 1 amide bonds. The van der Waals surface area contributed by atoms with Gasteiger partial charge in [0.25, 0.3) is 0 Å². The van der Waals surface area contributed by atoms with Crippen LogP contribution < -0.4 is 5.32 Å². The van der Waals surface area contributed by atoms with E-state index in [0.717, 1.165) is 25.3 Å². The first-order valence-electron chi connectivity index (χ1n) is 7.58. The van der Waals surface area contributed by atoms with Crippen molar-refractivity contribution in [3.05, 3.63) is 18.2 Å². The molecule has 21 heavy (non-hydrogen) atoms. The summed E-state index contributed by atoms with van der Waals surface area (Å²) in [6, 6.07) is 0.220. The molecule has 1 aromatic heterocycles. The monoisotopic (exact) mass is 294 g/mol. The topological polar surface area (TPSA) is 70.2 Å². The Morgan fingerprint density at radius 1 is 1.57 bits per heavy atom. The van der Waals surface area contributed by atoms with Crippen LogP contribution in [0.25, 0.3) is 0 Å². The number of imidazole rings is 1. The Morgan fingerprint density at radius 2 is 2.38 bits per heavy atom. The van der Waals surface area contributed by atoms with Crippen LogP contribution in [0.3, 0.4) is 0 Å². The predicted octanol–water partition coefficient (Wildman–Crippen LogP) is 1.02. The summed E-state index contributed by atoms with van der Waals surface area (Å²) < 4.78 is 4.96. The Hall–Kier alpha value is -1.40. The van der Waals surface area contributed by atoms with E-state index in [1.807, 2.05) is 6.20 Å². The Bertz CT molecular complexity index is 433. The maximum absolute atomic E-state index is 11.9. The van der Waals surface area contributed by atoms with Gasteiger partial charge in [-0.2, -0.15) is 0 Å². The van der Waals surface area contributed by atoms with E-state index >= 15 is 0 Å². The molecule has 1 aliphatic rings. The first kappa shape index (κ1) is 16.0. The van der Waals surface area contributed by atoms with Crippen LogP contribution in [0.5, 0.6) is 0 Å². The molecule has 118 valence electrons. The number of nitrogens with zero attached hydrogens (tertiary/aromatic N) is 2. The zero-order valence-corrected chi connectivity index (χ0v) is 13.1. The normalized spacial score (nSPS) is 22.9. The first-order valence-corrected chi connectivity index (χ1v) is 7.58. The summed E-state index contributed by atoms with van der Waals surface area (Å²) in [6.07, 6.45) is 3.99. The third-order valence-corrected chi connectivity index (χ3v) is 4.13. The van der Waals surface area contributed by atoms with Crippen molar-refractivity contribution in [2.24, 2.45) is 11.8 Å². The van der Waals surface area contributed by atoms with Gasteiger partial charge < -0.3 is 15.0 Å². The standard InChI is InChI=1S/C15H26N4O2/c1-11(2)13-8-19(7-12-6-16-10-17-12)9-14(13)18-15(20)4-5-21-3/h6,10-11,13-14H,4-5,7-9H2,1-3H3,(H,16,17)(H,18,20)/t13-,14+/m0/s1. The van der Waals surface area contributed by atoms with E-state index in [2.05, 4.69) is 34.0 Å². The number of likely N-dealkylation sites (tertiary alicyclic amines) is 1. The van der Waals surface area contributed by atoms with Gasteiger partial charge in [-0.05, 0) is 11.8 Å². The van der Waals surface area contributed by atoms with Crippen molar-refractivity contribution < 1.29 is 9.53 Å². The van der Waals surface area contributed by atoms with Crippen molar-refractivity contribution in [1.29, 1.82) is 0 Å². The van der Waals surface area contributed by atoms with E-state index in [1.165, 1.54) is 0 Å². The number of hydrogen-bond donors (Lipinski definition) is 2. The number of hydrogen-bond acceptors (Lipinski definition) is 4. The molecule has 1 aromatic rings. The number of carbonyl (C=O) groups excluding carboxylic acids is 1. The van der Waals surface area contributed by atoms with Crippen LogP contribution in [0.4, 0.5) is 0 Å². The minimum Gasteiger partial charge on any atom is -0.384 e. The number of ether oxygens (including phenoxy) is 1. The van der Waals surface area contributed by atoms with Gasteiger partial charge >= 0.3 is 0 Å². The number of aromatic amines is 1. The van der Waals surface area contributed by atoms with Gasteiger partial charge in [-0.25, -0.2) is 4.98 Å². The fraction of sp³-hybridized carbons (Fsp3) is 0.733. The minimum atomic E-state index is 0.0795. The number of rotatable bonds is 7. The Morgan fingerprint density at radius 3 is 3.00 bits per heavy atom. The van der Waals surface area contributed by atoms with Crippen LogP contribution in [-0.4, -0.2) is 53.6 Å². The van der Waals surface area contributed by atoms with Crippen LogP contribution >= 0.6 is 0 Å². The molecule has 0 spiro atoms. The molecule has 0 unspecified atom stereocenters. The lowest BCUT2D eigenvalue weighted by Gasteiger charge is -2.22. The molecule has 1 saturated heterocycles. The van der Waals surface area contributed by atoms with Gasteiger partial charge in [-0.15, -0.1) is 0 Å². The average molecular weight is 294 g/mol. The lowest BCUT2D eigenvalue weighted by atomic mass is 9.91. The fourth-order valence-electron chi connectivity index (χ4n) is 2.96. The van der Waals surface area contributed by atoms with Crippen LogP contribution in [-0.2, 0) is 16.1 Å². The quantitative estimate of drug-likeness (QED) is 0.787. The number of amides is 1. The highest BCUT2D eigenvalue weighted by Crippen LogP contribution is 2.25. The highest BCUT2D eigenvalue weighted by Gasteiger charge is 2.35. The molecule has 0 aromatic carbocycles. The molecular weight excluding hydrogens is 268 g/mol. The summed E-state index contributed by atoms with van der Waals surface area (Å²) in [7, 11) is 1.62. The number of aromatic nitrogens is 2. The smallest absolute Gasteiger partial charge is 0.222 e. The maximum atomic E-state index is 11.9. The fourth-order valence-corrected chi connectivity index (χ4v) is 2.96. The molecule has 1 fully saturated rings. The molecule has 6 nitrogen and oxygen atoms in total. The van der Waals surface area contributed by atoms with E-state index in [0.29, 0.717) is 24.9 Å². The van der Waals surface area contributed by atoms with E-state index < -0.39 is 0 Å². The van der Waals surface area contributed by atoms with Crippen LogP contribution in [0.15, 0.2) is 12.5 Å². The van der Waals surface area contributed by atoms with Crippen molar-refractivity contribution in [2.75, 3.05) is 26.8 Å². The maximum Gasteiger partial charge on any atom is 0.222 e. The summed E-state index contributed by atoms with van der Waals surface area (Å²) in [5, 5.41) is 3.17. The van der Waals surface area contributed by atoms with Gasteiger partial charge in [0.15, 0.2) is 0 Å². The first-order chi connectivity index (χ1) is 10.1. The molecule has 0 bridgehead atoms. The van der Waals surface area contributed by atoms with Gasteiger partial charge in [-0.1, -0.05) is 13.8 Å². The second-order valence-electron chi connectivity index (χ2n) is 6.10. The lowest BCUT2D eigenvalue weighted by Crippen LogP contribution is -2.42. The second kappa shape index (κ2) is 7.56. The zero-order valence-electron chi connectivity index (χ0n) is 13.1. The van der Waals surface area contributed by atoms with Gasteiger partial charge in [-0.3, -0.25) is 9.69 Å². The largest absolute Gasteiger partial charge is 0.384 e. The lowest BCUT2D eigenvalue weighted by molar-refractivity contribution is -0.122. The van der Waals surface area contributed by atoms with E-state index in [9.17, 15) is 4.79 Å². The zero-order chi connectivity index (χ0) is 15.2. The van der Waals surface area contributed by atoms with Crippen molar-refractivity contribution in [2.45, 2.75) is 32.9 Å². The second-order valence-corrected chi connectivity index (χ2v) is 6.10. The highest BCUT2D eigenvalue weighted by molar-refractivity contribution is 5.76. The Balaban J connectivity index is 1.90. The van der Waals surface area contributed by atoms with Crippen molar-refractivity contribution in [1.82, 2.24) is 20.2 Å². The number of H-pyrrole nitrogens is 1. The van der Waals surface area contributed by atoms with Crippen LogP contribution in [0.2, 0.25) is 0 Å². The Kier molecular flexibility index (Phi) is 5.76. The van der Waals surface area contributed by atoms with Gasteiger partial charge in [0.05, 0.1) is 12.9 Å². The molecular formula is C15H26N4O2. The summed E-state index contributed by atoms with van der Waals surface area (Å²) in [5.41, 5.74) is 1.11. The molecule has 2 heterocycles. The number of nitrogens with one attached hydrogen (secondary N) is 2. The molecule has 1 aliphatic heterocycles. The van der Waals surface area contributed by atoms with E-state index in [4.69, 9.17) is 4.74 Å². The molecule has 0 radical (unpaired) electrons. The van der Waals surface area contributed by atoms with Crippen molar-refractivity contribution in [3.8, 4) is 0 Å². The highest BCUT2D eigenvalue weighted by atomic mass is 16.5. The predicted molar refractivity (Wildman–Crippen MR) is 80.6 cm³/mol. The average Bonchev–Trinajstić information content (AvgIpc) is 3.07. The van der Waals surface area contributed by atoms with Crippen molar-refractivity contribution >= 4 is 5.91 Å². The molecule has 2 rings (SSSR count). The number of carbonyl (C=O) groups is 1. The van der Waals surface area contributed by atoms with Crippen LogP contribution in [0.1, 0.15) is 26.0 Å². The summed E-state index contributed by atoms with van der Waals surface area (Å²) in [6.45, 7) is 7.67. The molecule has 0 saturated carbocycles. The van der Waals surface area contributed by atoms with Crippen molar-refractivity contribution in [3.63, 3.8) is 0 Å². The molecule has 0 aliphatic carbocycles. The molecule has 2 N–H and O–H groups in total. The van der Waals surface area contributed by atoms with Gasteiger partial charge in [0, 0.05) is 51.1 Å². The SMILES string of the molecule is COCCC(=O)N[C@@H]1CN(Cc2cnc[nH]2)C[C@H]1C(C)C. The van der Waals surface area contributed by atoms with Crippen LogP contribution in [0, 0.1) is 11.8 Å². The number of methoxy groups -OCH3 is 1. The van der Waals surface area contributed by atoms with Gasteiger partial charge in [0.1, 0.15) is 0 Å². The van der Waals surface area contributed by atoms with E-state index in [1.54, 1.807) is 13.4 Å². The van der Waals surface area contributed by atoms with Gasteiger partial charge in [0.2, 0.25) is 5.91 Å². The molecule has 6 heteroatoms. The minimum absolute atomic E-state index is 0.0795. The Labute approximate surface area is 126 Å². The van der Waals surface area contributed by atoms with E-state index in [-0.39, 0.29) is 11.9 Å². The third kappa shape index (κ3) is 4.54. The molecule has 2 atom stereocenters. The summed E-state index contributed by atoms with van der Waals surface area (Å²) in [4.78, 5) is 21.5. The summed E-state index contributed by atoms with van der Waals surface area (Å²) in [5.74, 6) is 1.11. The summed E-state index contributed by atoms with van der Waals surface area (Å²) >= 11 is 0. The third-order valence-electron chi connectivity index (χ3n) is 4.13.